The number of aromatic nitrogens is 2. The van der Waals surface area contributed by atoms with E-state index in [1.54, 1.807) is 17.7 Å². The summed E-state index contributed by atoms with van der Waals surface area (Å²) in [5.41, 5.74) is 6.41. The van der Waals surface area contributed by atoms with Gasteiger partial charge in [-0.25, -0.2) is 10.2 Å². The molecule has 0 saturated carbocycles. The predicted molar refractivity (Wildman–Crippen MR) is 94.6 cm³/mol. The fraction of sp³-hybridized carbons (Fsp3) is 0.263. The van der Waals surface area contributed by atoms with Gasteiger partial charge in [-0.15, -0.1) is 0 Å². The molecule has 25 heavy (non-hydrogen) atoms. The van der Waals surface area contributed by atoms with Crippen molar-refractivity contribution in [1.82, 2.24) is 15.3 Å². The van der Waals surface area contributed by atoms with Gasteiger partial charge < -0.3 is 4.42 Å². The van der Waals surface area contributed by atoms with Gasteiger partial charge in [-0.1, -0.05) is 17.7 Å². The van der Waals surface area contributed by atoms with Gasteiger partial charge in [0.05, 0.1) is 12.3 Å². The molecule has 0 bridgehead atoms. The lowest BCUT2D eigenvalue weighted by Crippen LogP contribution is -2.26. The Kier molecular flexibility index (Phi) is 4.72. The van der Waals surface area contributed by atoms with Gasteiger partial charge in [0.2, 0.25) is 0 Å². The van der Waals surface area contributed by atoms with Gasteiger partial charge in [0.25, 0.3) is 5.91 Å². The Morgan fingerprint density at radius 3 is 2.64 bits per heavy atom. The quantitative estimate of drug-likeness (QED) is 0.719. The molecule has 0 atom stereocenters. The molecule has 0 unspecified atom stereocenters. The third-order valence-corrected chi connectivity index (χ3v) is 3.82. The topological polar surface area (TPSA) is 69.3 Å². The van der Waals surface area contributed by atoms with E-state index in [1.807, 2.05) is 45.0 Å². The van der Waals surface area contributed by atoms with Gasteiger partial charge in [0.15, 0.2) is 5.76 Å². The lowest BCUT2D eigenvalue weighted by Gasteiger charge is -2.10. The number of amides is 1. The van der Waals surface area contributed by atoms with Crippen LogP contribution in [0.4, 0.5) is 0 Å². The molecule has 6 heteroatoms. The second-order valence-corrected chi connectivity index (χ2v) is 5.89. The summed E-state index contributed by atoms with van der Waals surface area (Å²) in [5, 5.41) is 4.59. The summed E-state index contributed by atoms with van der Waals surface area (Å²) in [6, 6.07) is 11.4. The highest BCUT2D eigenvalue weighted by Crippen LogP contribution is 2.25. The van der Waals surface area contributed by atoms with Crippen LogP contribution in [0.15, 0.2) is 40.8 Å². The molecule has 1 aromatic carbocycles. The van der Waals surface area contributed by atoms with Gasteiger partial charge in [0.1, 0.15) is 17.1 Å². The van der Waals surface area contributed by atoms with E-state index in [1.165, 1.54) is 0 Å². The smallest absolute Gasteiger partial charge is 0.293 e. The average molecular weight is 339 g/mol. The number of nitrogens with zero attached hydrogens (tertiary/aromatic N) is 2. The molecule has 0 aliphatic heterocycles. The van der Waals surface area contributed by atoms with Gasteiger partial charge in [0, 0.05) is 6.07 Å². The largest absolute Gasteiger partial charge is 0.460 e. The zero-order valence-electron chi connectivity index (χ0n) is 14.8. The number of furan rings is 1. The van der Waals surface area contributed by atoms with E-state index < -0.39 is 0 Å². The Balaban J connectivity index is 2.11. The Hall–Kier alpha value is -2.86. The number of carbonyl (C=O) groups excluding carboxylic acids is 1. The number of nitrogens with one attached hydrogen (secondary N) is 1. The van der Waals surface area contributed by atoms with E-state index >= 15 is 0 Å². The summed E-state index contributed by atoms with van der Waals surface area (Å²) in [6.45, 7) is 8.07. The van der Waals surface area contributed by atoms with Crippen molar-refractivity contribution in [3.8, 4) is 17.1 Å². The number of hydrogen-bond acceptors (Lipinski definition) is 4. The minimum Gasteiger partial charge on any atom is -0.460 e. The second-order valence-electron chi connectivity index (χ2n) is 5.89. The minimum atomic E-state index is -0.358. The van der Waals surface area contributed by atoms with Gasteiger partial charge in [-0.3, -0.25) is 9.63 Å². The maximum atomic E-state index is 12.5. The van der Waals surface area contributed by atoms with Crippen molar-refractivity contribution >= 4 is 5.91 Å². The Morgan fingerprint density at radius 1 is 1.20 bits per heavy atom. The highest BCUT2D eigenvalue weighted by atomic mass is 16.6. The van der Waals surface area contributed by atoms with Crippen molar-refractivity contribution in [3.63, 3.8) is 0 Å². The zero-order valence-corrected chi connectivity index (χ0v) is 14.8. The second kappa shape index (κ2) is 6.94. The number of rotatable bonds is 5. The maximum absolute atomic E-state index is 12.5. The van der Waals surface area contributed by atoms with Gasteiger partial charge in [-0.2, -0.15) is 5.10 Å². The first-order valence-corrected chi connectivity index (χ1v) is 8.16. The number of hydrogen-bond donors (Lipinski definition) is 1. The predicted octanol–water partition coefficient (Wildman–Crippen LogP) is 3.74. The summed E-state index contributed by atoms with van der Waals surface area (Å²) in [4.78, 5) is 17.5. The van der Waals surface area contributed by atoms with Crippen LogP contribution >= 0.6 is 0 Å². The molecule has 0 spiro atoms. The number of carbonyl (C=O) groups is 1. The molecule has 0 radical (unpaired) electrons. The van der Waals surface area contributed by atoms with Crippen LogP contribution in [0, 0.1) is 20.8 Å². The lowest BCUT2D eigenvalue weighted by atomic mass is 10.1. The monoisotopic (exact) mass is 339 g/mol. The molecule has 0 aliphatic rings. The van der Waals surface area contributed by atoms with Gasteiger partial charge in [-0.05, 0) is 51.5 Å². The van der Waals surface area contributed by atoms with E-state index in [4.69, 9.17) is 9.25 Å². The van der Waals surface area contributed by atoms with E-state index in [-0.39, 0.29) is 5.91 Å². The van der Waals surface area contributed by atoms with Crippen LogP contribution < -0.4 is 5.48 Å². The van der Waals surface area contributed by atoms with Crippen LogP contribution in [-0.4, -0.2) is 22.3 Å². The standard InChI is InChI=1S/C19H21N3O3/c1-5-24-21-19(23)17-11-15(18-9-7-14(4)25-18)20-22(17)16-8-6-12(2)10-13(16)3/h6-11H,5H2,1-4H3,(H,21,23). The molecule has 1 N–H and O–H groups in total. The van der Waals surface area contributed by atoms with E-state index in [0.717, 1.165) is 22.6 Å². The minimum absolute atomic E-state index is 0.358. The van der Waals surface area contributed by atoms with Crippen LogP contribution in [0.2, 0.25) is 0 Å². The van der Waals surface area contributed by atoms with E-state index in [0.29, 0.717) is 23.8 Å². The SMILES string of the molecule is CCONC(=O)c1cc(-c2ccc(C)o2)nn1-c1ccc(C)cc1C. The first kappa shape index (κ1) is 17.0. The molecular weight excluding hydrogens is 318 g/mol. The molecule has 0 fully saturated rings. The third kappa shape index (κ3) is 3.49. The number of aryl methyl sites for hydroxylation is 3. The lowest BCUT2D eigenvalue weighted by molar-refractivity contribution is 0.0357. The fourth-order valence-corrected chi connectivity index (χ4v) is 2.65. The average Bonchev–Trinajstić information content (AvgIpc) is 3.19. The van der Waals surface area contributed by atoms with Crippen LogP contribution in [0.25, 0.3) is 17.1 Å². The zero-order chi connectivity index (χ0) is 18.0. The third-order valence-electron chi connectivity index (χ3n) is 3.82. The summed E-state index contributed by atoms with van der Waals surface area (Å²) in [6.07, 6.45) is 0. The summed E-state index contributed by atoms with van der Waals surface area (Å²) < 4.78 is 7.27. The Labute approximate surface area is 146 Å². The molecular formula is C19H21N3O3. The molecule has 3 aromatic rings. The van der Waals surface area contributed by atoms with E-state index in [9.17, 15) is 4.79 Å². The molecule has 130 valence electrons. The molecule has 1 amide bonds. The van der Waals surface area contributed by atoms with E-state index in [2.05, 4.69) is 16.6 Å². The van der Waals surface area contributed by atoms with Crippen molar-refractivity contribution < 1.29 is 14.0 Å². The van der Waals surface area contributed by atoms with Crippen molar-refractivity contribution in [3.05, 3.63) is 59.0 Å². The van der Waals surface area contributed by atoms with Crippen molar-refractivity contribution in [2.24, 2.45) is 0 Å². The summed E-state index contributed by atoms with van der Waals surface area (Å²) in [7, 11) is 0. The Morgan fingerprint density at radius 2 is 2.00 bits per heavy atom. The van der Waals surface area contributed by atoms with Crippen molar-refractivity contribution in [1.29, 1.82) is 0 Å². The van der Waals surface area contributed by atoms with Crippen LogP contribution in [0.3, 0.4) is 0 Å². The number of benzene rings is 1. The van der Waals surface area contributed by atoms with Crippen molar-refractivity contribution in [2.45, 2.75) is 27.7 Å². The molecule has 3 rings (SSSR count). The summed E-state index contributed by atoms with van der Waals surface area (Å²) in [5.74, 6) is 1.05. The normalized spacial score (nSPS) is 10.9. The van der Waals surface area contributed by atoms with Crippen LogP contribution in [0.5, 0.6) is 0 Å². The Bertz CT molecular complexity index is 909. The molecule has 0 saturated heterocycles. The highest BCUT2D eigenvalue weighted by molar-refractivity contribution is 5.93. The maximum Gasteiger partial charge on any atom is 0.293 e. The molecule has 0 aliphatic carbocycles. The van der Waals surface area contributed by atoms with Crippen molar-refractivity contribution in [2.75, 3.05) is 6.61 Å². The van der Waals surface area contributed by atoms with Crippen LogP contribution in [0.1, 0.15) is 34.3 Å². The van der Waals surface area contributed by atoms with Crippen LogP contribution in [-0.2, 0) is 4.84 Å². The first-order chi connectivity index (χ1) is 12.0. The first-order valence-electron chi connectivity index (χ1n) is 8.16. The number of hydroxylamine groups is 1. The summed E-state index contributed by atoms with van der Waals surface area (Å²) >= 11 is 0. The molecule has 6 nitrogen and oxygen atoms in total. The molecule has 2 aromatic heterocycles. The molecule has 2 heterocycles. The fourth-order valence-electron chi connectivity index (χ4n) is 2.65. The highest BCUT2D eigenvalue weighted by Gasteiger charge is 2.20. The van der Waals surface area contributed by atoms with Gasteiger partial charge >= 0.3 is 0 Å².